The highest BCUT2D eigenvalue weighted by molar-refractivity contribution is 5.92. The van der Waals surface area contributed by atoms with Crippen LogP contribution in [0.4, 0.5) is 5.69 Å². The van der Waals surface area contributed by atoms with Gasteiger partial charge >= 0.3 is 0 Å². The summed E-state index contributed by atoms with van der Waals surface area (Å²) in [6.45, 7) is 6.44. The minimum absolute atomic E-state index is 0.152. The highest BCUT2D eigenvalue weighted by Crippen LogP contribution is 2.18. The maximum Gasteiger partial charge on any atom is 0.271 e. The summed E-state index contributed by atoms with van der Waals surface area (Å²) in [5.74, 6) is -0.152. The Morgan fingerprint density at radius 2 is 1.81 bits per heavy atom. The molecule has 0 aliphatic carbocycles. The molecule has 0 bridgehead atoms. The summed E-state index contributed by atoms with van der Waals surface area (Å²) in [6, 6.07) is 19.8. The van der Waals surface area contributed by atoms with E-state index in [1.807, 2.05) is 42.5 Å². The zero-order chi connectivity index (χ0) is 18.4. The molecule has 0 saturated heterocycles. The number of nitrogens with zero attached hydrogens (tertiary/aromatic N) is 3. The van der Waals surface area contributed by atoms with Crippen molar-refractivity contribution in [1.29, 1.82) is 0 Å². The molecule has 0 atom stereocenters. The Labute approximate surface area is 154 Å². The zero-order valence-electron chi connectivity index (χ0n) is 15.2. The SMILES string of the molecule is CCN(CCNC(=O)c1ccn(-c2ccccc2)n1)c1ccccc1C. The van der Waals surface area contributed by atoms with E-state index in [9.17, 15) is 4.79 Å². The van der Waals surface area contributed by atoms with Crippen molar-refractivity contribution >= 4 is 11.6 Å². The standard InChI is InChI=1S/C21H24N4O/c1-3-24(20-12-8-7-9-17(20)2)16-14-22-21(26)19-13-15-25(23-19)18-10-5-4-6-11-18/h4-13,15H,3,14,16H2,1-2H3,(H,22,26). The van der Waals surface area contributed by atoms with E-state index in [4.69, 9.17) is 0 Å². The molecule has 26 heavy (non-hydrogen) atoms. The normalized spacial score (nSPS) is 10.5. The molecular weight excluding hydrogens is 324 g/mol. The van der Waals surface area contributed by atoms with Gasteiger partial charge in [-0.05, 0) is 43.7 Å². The summed E-state index contributed by atoms with van der Waals surface area (Å²) in [5.41, 5.74) is 3.80. The van der Waals surface area contributed by atoms with Crippen LogP contribution >= 0.6 is 0 Å². The van der Waals surface area contributed by atoms with Crippen molar-refractivity contribution in [2.45, 2.75) is 13.8 Å². The maximum absolute atomic E-state index is 12.4. The van der Waals surface area contributed by atoms with E-state index in [-0.39, 0.29) is 5.91 Å². The smallest absolute Gasteiger partial charge is 0.271 e. The third-order valence-electron chi connectivity index (χ3n) is 4.35. The second kappa shape index (κ2) is 8.34. The number of nitrogens with one attached hydrogen (secondary N) is 1. The van der Waals surface area contributed by atoms with Crippen LogP contribution in [0.3, 0.4) is 0 Å². The minimum atomic E-state index is -0.152. The van der Waals surface area contributed by atoms with Crippen molar-refractivity contribution < 1.29 is 4.79 Å². The van der Waals surface area contributed by atoms with Gasteiger partial charge in [-0.15, -0.1) is 0 Å². The summed E-state index contributed by atoms with van der Waals surface area (Å²) in [7, 11) is 0. The Hall–Kier alpha value is -3.08. The highest BCUT2D eigenvalue weighted by atomic mass is 16.1. The number of likely N-dealkylation sites (N-methyl/N-ethyl adjacent to an activating group) is 1. The van der Waals surface area contributed by atoms with Gasteiger partial charge in [0.25, 0.3) is 5.91 Å². The first kappa shape index (κ1) is 17.7. The summed E-state index contributed by atoms with van der Waals surface area (Å²) < 4.78 is 1.71. The van der Waals surface area contributed by atoms with E-state index >= 15 is 0 Å². The lowest BCUT2D eigenvalue weighted by Gasteiger charge is -2.25. The van der Waals surface area contributed by atoms with Gasteiger partial charge in [-0.2, -0.15) is 5.10 Å². The highest BCUT2D eigenvalue weighted by Gasteiger charge is 2.11. The van der Waals surface area contributed by atoms with Gasteiger partial charge in [0.15, 0.2) is 5.69 Å². The number of benzene rings is 2. The Morgan fingerprint density at radius 1 is 1.08 bits per heavy atom. The second-order valence-corrected chi connectivity index (χ2v) is 6.10. The molecule has 0 saturated carbocycles. The molecule has 0 aliphatic heterocycles. The molecule has 1 heterocycles. The molecule has 0 spiro atoms. The Balaban J connectivity index is 1.57. The van der Waals surface area contributed by atoms with Crippen LogP contribution in [-0.4, -0.2) is 35.3 Å². The van der Waals surface area contributed by atoms with Crippen LogP contribution in [0.1, 0.15) is 23.0 Å². The van der Waals surface area contributed by atoms with Crippen LogP contribution in [0, 0.1) is 6.92 Å². The fourth-order valence-electron chi connectivity index (χ4n) is 2.93. The van der Waals surface area contributed by atoms with Gasteiger partial charge in [-0.1, -0.05) is 36.4 Å². The van der Waals surface area contributed by atoms with Crippen molar-refractivity contribution in [1.82, 2.24) is 15.1 Å². The number of para-hydroxylation sites is 2. The van der Waals surface area contributed by atoms with Crippen molar-refractivity contribution in [2.24, 2.45) is 0 Å². The molecule has 0 unspecified atom stereocenters. The molecule has 5 heteroatoms. The largest absolute Gasteiger partial charge is 0.370 e. The van der Waals surface area contributed by atoms with Gasteiger partial charge in [-0.3, -0.25) is 4.79 Å². The molecule has 3 aromatic rings. The van der Waals surface area contributed by atoms with Gasteiger partial charge in [0.2, 0.25) is 0 Å². The Bertz CT molecular complexity index is 857. The lowest BCUT2D eigenvalue weighted by atomic mass is 10.2. The number of aromatic nitrogens is 2. The van der Waals surface area contributed by atoms with Gasteiger partial charge in [-0.25, -0.2) is 4.68 Å². The molecule has 1 amide bonds. The van der Waals surface area contributed by atoms with E-state index in [1.54, 1.807) is 16.9 Å². The van der Waals surface area contributed by atoms with Crippen molar-refractivity contribution in [2.75, 3.05) is 24.5 Å². The van der Waals surface area contributed by atoms with Gasteiger partial charge in [0.1, 0.15) is 0 Å². The average molecular weight is 348 g/mol. The quantitative estimate of drug-likeness (QED) is 0.712. The molecule has 0 aliphatic rings. The number of aryl methyl sites for hydroxylation is 1. The van der Waals surface area contributed by atoms with E-state index in [0.29, 0.717) is 12.2 Å². The first-order valence-electron chi connectivity index (χ1n) is 8.89. The third-order valence-corrected chi connectivity index (χ3v) is 4.35. The van der Waals surface area contributed by atoms with Crippen LogP contribution in [0.25, 0.3) is 5.69 Å². The fraction of sp³-hybridized carbons (Fsp3) is 0.238. The lowest BCUT2D eigenvalue weighted by molar-refractivity contribution is 0.0949. The number of rotatable bonds is 7. The van der Waals surface area contributed by atoms with Gasteiger partial charge < -0.3 is 10.2 Å². The van der Waals surface area contributed by atoms with E-state index in [2.05, 4.69) is 41.3 Å². The average Bonchev–Trinajstić information content (AvgIpc) is 3.17. The molecule has 2 aromatic carbocycles. The molecule has 1 aromatic heterocycles. The van der Waals surface area contributed by atoms with Crippen LogP contribution < -0.4 is 10.2 Å². The topological polar surface area (TPSA) is 50.2 Å². The maximum atomic E-state index is 12.4. The summed E-state index contributed by atoms with van der Waals surface area (Å²) in [5, 5.41) is 7.32. The number of hydrogen-bond donors (Lipinski definition) is 1. The number of amides is 1. The predicted molar refractivity (Wildman–Crippen MR) is 105 cm³/mol. The zero-order valence-corrected chi connectivity index (χ0v) is 15.2. The first-order valence-corrected chi connectivity index (χ1v) is 8.89. The monoisotopic (exact) mass is 348 g/mol. The predicted octanol–water partition coefficient (Wildman–Crippen LogP) is 3.44. The minimum Gasteiger partial charge on any atom is -0.370 e. The van der Waals surface area contributed by atoms with Crippen LogP contribution in [0.15, 0.2) is 66.9 Å². The van der Waals surface area contributed by atoms with Gasteiger partial charge in [0.05, 0.1) is 5.69 Å². The molecule has 3 rings (SSSR count). The number of anilines is 1. The van der Waals surface area contributed by atoms with Crippen molar-refractivity contribution in [3.05, 3.63) is 78.1 Å². The number of carbonyl (C=O) groups is 1. The van der Waals surface area contributed by atoms with Crippen LogP contribution in [-0.2, 0) is 0 Å². The van der Waals surface area contributed by atoms with E-state index in [0.717, 1.165) is 18.8 Å². The fourth-order valence-corrected chi connectivity index (χ4v) is 2.93. The number of carbonyl (C=O) groups excluding carboxylic acids is 1. The number of hydrogen-bond acceptors (Lipinski definition) is 3. The Morgan fingerprint density at radius 3 is 2.54 bits per heavy atom. The molecule has 0 radical (unpaired) electrons. The summed E-state index contributed by atoms with van der Waals surface area (Å²) in [6.07, 6.45) is 1.80. The van der Waals surface area contributed by atoms with E-state index in [1.165, 1.54) is 11.3 Å². The Kier molecular flexibility index (Phi) is 5.69. The molecule has 0 fully saturated rings. The summed E-state index contributed by atoms with van der Waals surface area (Å²) in [4.78, 5) is 14.6. The molecule has 1 N–H and O–H groups in total. The molecule has 5 nitrogen and oxygen atoms in total. The van der Waals surface area contributed by atoms with E-state index < -0.39 is 0 Å². The second-order valence-electron chi connectivity index (χ2n) is 6.10. The molecule has 134 valence electrons. The first-order chi connectivity index (χ1) is 12.7. The van der Waals surface area contributed by atoms with Gasteiger partial charge in [0, 0.05) is 31.5 Å². The third kappa shape index (κ3) is 4.11. The van der Waals surface area contributed by atoms with Crippen molar-refractivity contribution in [3.63, 3.8) is 0 Å². The van der Waals surface area contributed by atoms with Crippen molar-refractivity contribution in [3.8, 4) is 5.69 Å². The molecular formula is C21H24N4O. The lowest BCUT2D eigenvalue weighted by Crippen LogP contribution is -2.35. The summed E-state index contributed by atoms with van der Waals surface area (Å²) >= 11 is 0. The van der Waals surface area contributed by atoms with Crippen LogP contribution in [0.5, 0.6) is 0 Å². The van der Waals surface area contributed by atoms with Crippen LogP contribution in [0.2, 0.25) is 0 Å².